The van der Waals surface area contributed by atoms with Crippen LogP contribution in [0.15, 0.2) is 18.2 Å². The SMILES string of the molecule is O=C(O)N1CCC(N2CCc3cc(CN4CCCCC4)ccc3C2)C1. The van der Waals surface area contributed by atoms with Gasteiger partial charge in [0.05, 0.1) is 0 Å². The number of amides is 1. The molecule has 2 fully saturated rings. The number of piperidine rings is 1. The summed E-state index contributed by atoms with van der Waals surface area (Å²) in [7, 11) is 0. The molecule has 0 radical (unpaired) electrons. The third-order valence-corrected chi connectivity index (χ3v) is 6.12. The van der Waals surface area contributed by atoms with Crippen LogP contribution < -0.4 is 0 Å². The Labute approximate surface area is 150 Å². The molecule has 136 valence electrons. The molecule has 2 saturated heterocycles. The van der Waals surface area contributed by atoms with Gasteiger partial charge in [-0.2, -0.15) is 0 Å². The van der Waals surface area contributed by atoms with E-state index in [4.69, 9.17) is 5.11 Å². The van der Waals surface area contributed by atoms with Gasteiger partial charge in [0, 0.05) is 38.8 Å². The molecule has 3 heterocycles. The van der Waals surface area contributed by atoms with Crippen molar-refractivity contribution in [1.82, 2.24) is 14.7 Å². The summed E-state index contributed by atoms with van der Waals surface area (Å²) in [6.07, 6.45) is 5.35. The van der Waals surface area contributed by atoms with Crippen molar-refractivity contribution in [2.75, 3.05) is 32.7 Å². The summed E-state index contributed by atoms with van der Waals surface area (Å²) in [5.41, 5.74) is 4.38. The van der Waals surface area contributed by atoms with Crippen LogP contribution in [0.25, 0.3) is 0 Å². The summed E-state index contributed by atoms with van der Waals surface area (Å²) >= 11 is 0. The first kappa shape index (κ1) is 16.9. The van der Waals surface area contributed by atoms with Crippen LogP contribution in [-0.4, -0.2) is 64.7 Å². The van der Waals surface area contributed by atoms with E-state index in [9.17, 15) is 4.79 Å². The third kappa shape index (κ3) is 3.82. The summed E-state index contributed by atoms with van der Waals surface area (Å²) < 4.78 is 0. The molecule has 1 N–H and O–H groups in total. The van der Waals surface area contributed by atoms with Crippen LogP contribution in [-0.2, 0) is 19.5 Å². The van der Waals surface area contributed by atoms with Gasteiger partial charge in [0.25, 0.3) is 0 Å². The Morgan fingerprint density at radius 3 is 2.68 bits per heavy atom. The van der Waals surface area contributed by atoms with Gasteiger partial charge in [-0.25, -0.2) is 4.79 Å². The van der Waals surface area contributed by atoms with Crippen molar-refractivity contribution in [2.45, 2.75) is 51.2 Å². The first-order chi connectivity index (χ1) is 12.2. The minimum atomic E-state index is -0.776. The second-order valence-corrected chi connectivity index (χ2v) is 7.83. The van der Waals surface area contributed by atoms with Crippen LogP contribution in [0.1, 0.15) is 42.4 Å². The van der Waals surface area contributed by atoms with E-state index in [2.05, 4.69) is 28.0 Å². The average Bonchev–Trinajstić information content (AvgIpc) is 3.13. The standard InChI is InChI=1S/C20H29N3O2/c24-20(25)23-11-7-19(15-23)22-10-6-17-12-16(4-5-18(17)14-22)13-21-8-2-1-3-9-21/h4-5,12,19H,1-3,6-11,13-15H2,(H,24,25). The maximum absolute atomic E-state index is 11.1. The molecule has 1 aromatic carbocycles. The van der Waals surface area contributed by atoms with Crippen LogP contribution in [0, 0.1) is 0 Å². The minimum absolute atomic E-state index is 0.386. The Morgan fingerprint density at radius 1 is 1.08 bits per heavy atom. The Bertz CT molecular complexity index is 627. The van der Waals surface area contributed by atoms with Crippen LogP contribution in [0.2, 0.25) is 0 Å². The van der Waals surface area contributed by atoms with Gasteiger partial charge in [-0.1, -0.05) is 24.6 Å². The highest BCUT2D eigenvalue weighted by Crippen LogP contribution is 2.26. The first-order valence-electron chi connectivity index (χ1n) is 9.74. The lowest BCUT2D eigenvalue weighted by molar-refractivity contribution is 0.143. The molecule has 0 aliphatic carbocycles. The molecule has 0 bridgehead atoms. The van der Waals surface area contributed by atoms with Crippen molar-refractivity contribution >= 4 is 6.09 Å². The molecule has 3 aliphatic rings. The van der Waals surface area contributed by atoms with E-state index < -0.39 is 6.09 Å². The van der Waals surface area contributed by atoms with Crippen LogP contribution in [0.3, 0.4) is 0 Å². The van der Waals surface area contributed by atoms with Gasteiger partial charge in [0.15, 0.2) is 0 Å². The molecular formula is C20H29N3O2. The Kier molecular flexibility index (Phi) is 4.95. The van der Waals surface area contributed by atoms with Gasteiger partial charge >= 0.3 is 6.09 Å². The quantitative estimate of drug-likeness (QED) is 0.917. The average molecular weight is 343 g/mol. The van der Waals surface area contributed by atoms with Gasteiger partial charge < -0.3 is 10.0 Å². The van der Waals surface area contributed by atoms with Crippen molar-refractivity contribution in [1.29, 1.82) is 0 Å². The predicted molar refractivity (Wildman–Crippen MR) is 97.7 cm³/mol. The van der Waals surface area contributed by atoms with Gasteiger partial charge in [0.2, 0.25) is 0 Å². The van der Waals surface area contributed by atoms with E-state index in [1.54, 1.807) is 4.90 Å². The number of hydrogen-bond donors (Lipinski definition) is 1. The molecule has 1 atom stereocenters. The van der Waals surface area contributed by atoms with Gasteiger partial charge in [-0.15, -0.1) is 0 Å². The number of carboxylic acid groups (broad SMARTS) is 1. The van der Waals surface area contributed by atoms with Gasteiger partial charge in [0.1, 0.15) is 0 Å². The van der Waals surface area contributed by atoms with Crippen molar-refractivity contribution in [3.05, 3.63) is 34.9 Å². The summed E-state index contributed by atoms with van der Waals surface area (Å²) in [5, 5.41) is 9.16. The number of likely N-dealkylation sites (tertiary alicyclic amines) is 2. The molecular weight excluding hydrogens is 314 g/mol. The topological polar surface area (TPSA) is 47.0 Å². The molecule has 25 heavy (non-hydrogen) atoms. The van der Waals surface area contributed by atoms with E-state index in [1.807, 2.05) is 0 Å². The fourth-order valence-corrected chi connectivity index (χ4v) is 4.63. The molecule has 1 amide bonds. The number of fused-ring (bicyclic) bond motifs is 1. The van der Waals surface area contributed by atoms with Crippen molar-refractivity contribution in [3.63, 3.8) is 0 Å². The maximum atomic E-state index is 11.1. The van der Waals surface area contributed by atoms with E-state index in [1.165, 1.54) is 49.0 Å². The predicted octanol–water partition coefficient (Wildman–Crippen LogP) is 2.78. The van der Waals surface area contributed by atoms with E-state index >= 15 is 0 Å². The van der Waals surface area contributed by atoms with Gasteiger partial charge in [-0.3, -0.25) is 9.80 Å². The lowest BCUT2D eigenvalue weighted by Gasteiger charge is -2.34. The molecule has 0 saturated carbocycles. The molecule has 0 aromatic heterocycles. The molecule has 5 nitrogen and oxygen atoms in total. The second-order valence-electron chi connectivity index (χ2n) is 7.83. The lowest BCUT2D eigenvalue weighted by atomic mass is 9.95. The Balaban J connectivity index is 1.38. The summed E-state index contributed by atoms with van der Waals surface area (Å²) in [4.78, 5) is 17.8. The highest BCUT2D eigenvalue weighted by molar-refractivity contribution is 5.65. The number of benzene rings is 1. The smallest absolute Gasteiger partial charge is 0.407 e. The van der Waals surface area contributed by atoms with Gasteiger partial charge in [-0.05, 0) is 55.5 Å². The number of nitrogens with zero attached hydrogens (tertiary/aromatic N) is 3. The summed E-state index contributed by atoms with van der Waals surface area (Å²) in [5.74, 6) is 0. The number of carbonyl (C=O) groups is 1. The normalized spacial score (nSPS) is 25.1. The van der Waals surface area contributed by atoms with Crippen molar-refractivity contribution < 1.29 is 9.90 Å². The summed E-state index contributed by atoms with van der Waals surface area (Å²) in [6.45, 7) is 6.94. The first-order valence-corrected chi connectivity index (χ1v) is 9.74. The molecule has 5 heteroatoms. The highest BCUT2D eigenvalue weighted by Gasteiger charge is 2.31. The lowest BCUT2D eigenvalue weighted by Crippen LogP contribution is -2.41. The molecule has 1 unspecified atom stereocenters. The fraction of sp³-hybridized carbons (Fsp3) is 0.650. The second kappa shape index (κ2) is 7.34. The molecule has 4 rings (SSSR count). The monoisotopic (exact) mass is 343 g/mol. The maximum Gasteiger partial charge on any atom is 0.407 e. The minimum Gasteiger partial charge on any atom is -0.465 e. The number of hydrogen-bond acceptors (Lipinski definition) is 3. The summed E-state index contributed by atoms with van der Waals surface area (Å²) in [6, 6.07) is 7.41. The molecule has 0 spiro atoms. The Hall–Kier alpha value is -1.59. The van der Waals surface area contributed by atoms with E-state index in [0.717, 1.165) is 32.5 Å². The Morgan fingerprint density at radius 2 is 1.92 bits per heavy atom. The third-order valence-electron chi connectivity index (χ3n) is 6.12. The molecule has 3 aliphatic heterocycles. The molecule has 1 aromatic rings. The van der Waals surface area contributed by atoms with Crippen LogP contribution in [0.5, 0.6) is 0 Å². The number of rotatable bonds is 3. The zero-order valence-corrected chi connectivity index (χ0v) is 15.0. The fourth-order valence-electron chi connectivity index (χ4n) is 4.63. The van der Waals surface area contributed by atoms with E-state index in [0.29, 0.717) is 19.1 Å². The van der Waals surface area contributed by atoms with E-state index in [-0.39, 0.29) is 0 Å². The van der Waals surface area contributed by atoms with Crippen LogP contribution >= 0.6 is 0 Å². The highest BCUT2D eigenvalue weighted by atomic mass is 16.4. The zero-order chi connectivity index (χ0) is 17.2. The van der Waals surface area contributed by atoms with Crippen molar-refractivity contribution in [3.8, 4) is 0 Å². The largest absolute Gasteiger partial charge is 0.465 e. The van der Waals surface area contributed by atoms with Crippen LogP contribution in [0.4, 0.5) is 4.79 Å². The zero-order valence-electron chi connectivity index (χ0n) is 15.0. The van der Waals surface area contributed by atoms with Crippen molar-refractivity contribution in [2.24, 2.45) is 0 Å².